The van der Waals surface area contributed by atoms with Gasteiger partial charge in [0.25, 0.3) is 0 Å². The summed E-state index contributed by atoms with van der Waals surface area (Å²) in [7, 11) is 0. The van der Waals surface area contributed by atoms with Crippen molar-refractivity contribution in [1.82, 2.24) is 5.32 Å². The summed E-state index contributed by atoms with van der Waals surface area (Å²) in [4.78, 5) is 0. The molecule has 1 aromatic rings. The second-order valence-electron chi connectivity index (χ2n) is 2.89. The molecule has 3 N–H and O–H groups in total. The molecule has 0 aromatic heterocycles. The molecular formula is C9H12N2O. The summed E-state index contributed by atoms with van der Waals surface area (Å²) in [5.74, 6) is 0.917. The minimum absolute atomic E-state index is 0.719. The first-order valence-electron chi connectivity index (χ1n) is 4.08. The average Bonchev–Trinajstić information content (AvgIpc) is 2.28. The van der Waals surface area contributed by atoms with Gasteiger partial charge in [-0.15, -0.1) is 0 Å². The molecule has 2 rings (SSSR count). The lowest BCUT2D eigenvalue weighted by molar-refractivity contribution is 0.326. The number of nitrogen functional groups attached to an aromatic ring is 1. The highest BCUT2D eigenvalue weighted by Crippen LogP contribution is 2.22. The van der Waals surface area contributed by atoms with E-state index >= 15 is 0 Å². The zero-order valence-corrected chi connectivity index (χ0v) is 6.84. The van der Waals surface area contributed by atoms with Gasteiger partial charge >= 0.3 is 0 Å². The van der Waals surface area contributed by atoms with E-state index in [4.69, 9.17) is 10.5 Å². The highest BCUT2D eigenvalue weighted by Gasteiger charge is 2.07. The first-order chi connectivity index (χ1) is 5.86. The maximum absolute atomic E-state index is 5.63. The summed E-state index contributed by atoms with van der Waals surface area (Å²) in [6.07, 6.45) is 0. The topological polar surface area (TPSA) is 47.3 Å². The number of nitrogens with two attached hydrogens (primary N) is 1. The largest absolute Gasteiger partial charge is 0.492 e. The minimum Gasteiger partial charge on any atom is -0.492 e. The van der Waals surface area contributed by atoms with E-state index in [1.165, 1.54) is 5.56 Å². The van der Waals surface area contributed by atoms with Crippen molar-refractivity contribution in [3.63, 3.8) is 0 Å². The minimum atomic E-state index is 0.719. The Balaban J connectivity index is 2.36. The van der Waals surface area contributed by atoms with Crippen molar-refractivity contribution < 1.29 is 4.74 Å². The third-order valence-electron chi connectivity index (χ3n) is 1.94. The zero-order chi connectivity index (χ0) is 8.39. The summed E-state index contributed by atoms with van der Waals surface area (Å²) in [5.41, 5.74) is 7.57. The van der Waals surface area contributed by atoms with Gasteiger partial charge in [-0.05, 0) is 6.07 Å². The molecule has 1 aliphatic rings. The van der Waals surface area contributed by atoms with Crippen LogP contribution in [0.2, 0.25) is 0 Å². The van der Waals surface area contributed by atoms with Crippen LogP contribution < -0.4 is 15.8 Å². The van der Waals surface area contributed by atoms with E-state index in [1.807, 2.05) is 18.2 Å². The van der Waals surface area contributed by atoms with E-state index in [-0.39, 0.29) is 0 Å². The number of nitrogens with one attached hydrogen (secondary N) is 1. The quantitative estimate of drug-likeness (QED) is 0.556. The molecule has 0 unspecified atom stereocenters. The van der Waals surface area contributed by atoms with Crippen molar-refractivity contribution in [3.05, 3.63) is 23.8 Å². The van der Waals surface area contributed by atoms with Gasteiger partial charge in [-0.1, -0.05) is 6.07 Å². The molecule has 0 saturated heterocycles. The van der Waals surface area contributed by atoms with Gasteiger partial charge < -0.3 is 15.8 Å². The summed E-state index contributed by atoms with van der Waals surface area (Å²) in [6.45, 7) is 2.49. The molecule has 0 spiro atoms. The van der Waals surface area contributed by atoms with Crippen LogP contribution in [0.25, 0.3) is 0 Å². The van der Waals surface area contributed by atoms with E-state index in [0.717, 1.165) is 31.1 Å². The second-order valence-corrected chi connectivity index (χ2v) is 2.89. The first-order valence-corrected chi connectivity index (χ1v) is 4.08. The normalized spacial score (nSPS) is 16.0. The predicted octanol–water partition coefficient (Wildman–Crippen LogP) is 0.751. The SMILES string of the molecule is Nc1ccc2c(c1)OCCNC2. The summed E-state index contributed by atoms with van der Waals surface area (Å²) in [6, 6.07) is 5.78. The van der Waals surface area contributed by atoms with Gasteiger partial charge in [0.1, 0.15) is 12.4 Å². The average molecular weight is 164 g/mol. The van der Waals surface area contributed by atoms with Gasteiger partial charge in [0.05, 0.1) is 0 Å². The Labute approximate surface area is 71.5 Å². The molecule has 1 heterocycles. The van der Waals surface area contributed by atoms with Crippen molar-refractivity contribution in [2.45, 2.75) is 6.54 Å². The number of anilines is 1. The Hall–Kier alpha value is -1.22. The number of benzene rings is 1. The highest BCUT2D eigenvalue weighted by atomic mass is 16.5. The fraction of sp³-hybridized carbons (Fsp3) is 0.333. The molecule has 0 bridgehead atoms. The van der Waals surface area contributed by atoms with Gasteiger partial charge in [0.15, 0.2) is 0 Å². The van der Waals surface area contributed by atoms with Crippen LogP contribution in [-0.4, -0.2) is 13.2 Å². The van der Waals surface area contributed by atoms with E-state index < -0.39 is 0 Å². The van der Waals surface area contributed by atoms with Gasteiger partial charge in [0.2, 0.25) is 0 Å². The molecular weight excluding hydrogens is 152 g/mol. The molecule has 0 amide bonds. The van der Waals surface area contributed by atoms with Gasteiger partial charge in [-0.2, -0.15) is 0 Å². The standard InChI is InChI=1S/C9H12N2O/c10-8-2-1-7-6-11-3-4-12-9(7)5-8/h1-2,5,11H,3-4,6,10H2. The van der Waals surface area contributed by atoms with E-state index in [0.29, 0.717) is 0 Å². The zero-order valence-electron chi connectivity index (χ0n) is 6.84. The second kappa shape index (κ2) is 3.03. The maximum Gasteiger partial charge on any atom is 0.125 e. The Morgan fingerprint density at radius 3 is 3.25 bits per heavy atom. The van der Waals surface area contributed by atoms with E-state index in [1.54, 1.807) is 0 Å². The molecule has 3 heteroatoms. The molecule has 0 radical (unpaired) electrons. The lowest BCUT2D eigenvalue weighted by Crippen LogP contribution is -2.16. The number of rotatable bonds is 0. The van der Waals surface area contributed by atoms with Crippen molar-refractivity contribution in [1.29, 1.82) is 0 Å². The molecule has 0 saturated carbocycles. The number of ether oxygens (including phenoxy) is 1. The number of hydrogen-bond acceptors (Lipinski definition) is 3. The fourth-order valence-corrected chi connectivity index (χ4v) is 1.31. The van der Waals surface area contributed by atoms with Crippen LogP contribution in [0.4, 0.5) is 5.69 Å². The van der Waals surface area contributed by atoms with Crippen molar-refractivity contribution >= 4 is 5.69 Å². The Morgan fingerprint density at radius 1 is 1.42 bits per heavy atom. The molecule has 0 fully saturated rings. The molecule has 0 aliphatic carbocycles. The third kappa shape index (κ3) is 1.36. The Morgan fingerprint density at radius 2 is 2.33 bits per heavy atom. The summed E-state index contributed by atoms with van der Waals surface area (Å²) < 4.78 is 5.49. The van der Waals surface area contributed by atoms with E-state index in [2.05, 4.69) is 5.32 Å². The van der Waals surface area contributed by atoms with Gasteiger partial charge in [-0.3, -0.25) is 0 Å². The van der Waals surface area contributed by atoms with Crippen molar-refractivity contribution in [2.75, 3.05) is 18.9 Å². The number of fused-ring (bicyclic) bond motifs is 1. The van der Waals surface area contributed by atoms with Crippen LogP contribution in [0.5, 0.6) is 5.75 Å². The van der Waals surface area contributed by atoms with Crippen molar-refractivity contribution in [2.24, 2.45) is 0 Å². The summed E-state index contributed by atoms with van der Waals surface area (Å²) in [5, 5.41) is 3.26. The van der Waals surface area contributed by atoms with Crippen LogP contribution in [0.1, 0.15) is 5.56 Å². The summed E-state index contributed by atoms with van der Waals surface area (Å²) >= 11 is 0. The Bertz CT molecular complexity index is 286. The molecule has 64 valence electrons. The molecule has 1 aliphatic heterocycles. The molecule has 3 nitrogen and oxygen atoms in total. The van der Waals surface area contributed by atoms with Crippen LogP contribution in [-0.2, 0) is 6.54 Å². The van der Waals surface area contributed by atoms with Gasteiger partial charge in [0, 0.05) is 30.4 Å². The molecule has 1 aromatic carbocycles. The van der Waals surface area contributed by atoms with Crippen molar-refractivity contribution in [3.8, 4) is 5.75 Å². The van der Waals surface area contributed by atoms with Crippen LogP contribution >= 0.6 is 0 Å². The third-order valence-corrected chi connectivity index (χ3v) is 1.94. The lowest BCUT2D eigenvalue weighted by Gasteiger charge is -2.06. The predicted molar refractivity (Wildman–Crippen MR) is 48.1 cm³/mol. The molecule has 12 heavy (non-hydrogen) atoms. The monoisotopic (exact) mass is 164 g/mol. The highest BCUT2D eigenvalue weighted by molar-refractivity contribution is 5.48. The van der Waals surface area contributed by atoms with Crippen LogP contribution in [0.3, 0.4) is 0 Å². The smallest absolute Gasteiger partial charge is 0.125 e. The first kappa shape index (κ1) is 7.43. The Kier molecular flexibility index (Phi) is 1.87. The maximum atomic E-state index is 5.63. The van der Waals surface area contributed by atoms with E-state index in [9.17, 15) is 0 Å². The van der Waals surface area contributed by atoms with Gasteiger partial charge in [-0.25, -0.2) is 0 Å². The number of hydrogen-bond donors (Lipinski definition) is 2. The van der Waals surface area contributed by atoms with Crippen LogP contribution in [0.15, 0.2) is 18.2 Å². The molecule has 0 atom stereocenters. The fourth-order valence-electron chi connectivity index (χ4n) is 1.31. The van der Waals surface area contributed by atoms with Crippen LogP contribution in [0, 0.1) is 0 Å². The lowest BCUT2D eigenvalue weighted by atomic mass is 10.2.